The number of aromatic nitrogens is 1. The Balaban J connectivity index is 1.71. The predicted octanol–water partition coefficient (Wildman–Crippen LogP) is 3.64. The Kier molecular flexibility index (Phi) is 9.37. The molecule has 36 heavy (non-hydrogen) atoms. The van der Waals surface area contributed by atoms with Gasteiger partial charge in [0.05, 0.1) is 18.1 Å². The van der Waals surface area contributed by atoms with Crippen LogP contribution in [0.1, 0.15) is 51.5 Å². The van der Waals surface area contributed by atoms with Crippen LogP contribution in [-0.4, -0.2) is 51.8 Å². The second-order valence-corrected chi connectivity index (χ2v) is 10.4. The number of aliphatic carboxylic acids is 1. The maximum Gasteiger partial charge on any atom is 0.326 e. The Hall–Kier alpha value is -3.07. The number of benzene rings is 1. The van der Waals surface area contributed by atoms with Gasteiger partial charge in [-0.2, -0.15) is 12.6 Å². The molecule has 0 bridgehead atoms. The van der Waals surface area contributed by atoms with Crippen LogP contribution in [0.3, 0.4) is 0 Å². The van der Waals surface area contributed by atoms with Crippen molar-refractivity contribution in [3.05, 3.63) is 48.2 Å². The van der Waals surface area contributed by atoms with Gasteiger partial charge in [-0.15, -0.1) is 0 Å². The number of amides is 2. The first-order valence-corrected chi connectivity index (χ1v) is 12.8. The highest BCUT2D eigenvalue weighted by atomic mass is 32.1. The van der Waals surface area contributed by atoms with E-state index in [0.717, 1.165) is 18.4 Å². The molecule has 3 rings (SSSR count). The lowest BCUT2D eigenvalue weighted by atomic mass is 9.94. The van der Waals surface area contributed by atoms with E-state index < -0.39 is 28.7 Å². The molecule has 9 heteroatoms. The van der Waals surface area contributed by atoms with E-state index in [1.807, 2.05) is 38.1 Å². The Morgan fingerprint density at radius 2 is 1.83 bits per heavy atom. The van der Waals surface area contributed by atoms with Crippen molar-refractivity contribution < 1.29 is 24.2 Å². The van der Waals surface area contributed by atoms with Gasteiger partial charge in [-0.05, 0) is 48.9 Å². The summed E-state index contributed by atoms with van der Waals surface area (Å²) in [6, 6.07) is 9.94. The smallest absolute Gasteiger partial charge is 0.326 e. The standard InChI is InChI=1S/C27H35N3O5S/c1-17(2)14-23(36)24(31)30-27(12-6-7-13-27)26(34)29-21(25(32)33)15-18-10-11-20(28-16-18)19-8-4-5-9-22(19)35-3/h4-5,8-11,16-17,21,23,36H,6-7,12-15H2,1-3H3,(H,29,34)(H,30,31)(H,32,33)/t21?,23-/m1/s1. The zero-order chi connectivity index (χ0) is 26.3. The lowest BCUT2D eigenvalue weighted by Crippen LogP contribution is -2.61. The highest BCUT2D eigenvalue weighted by Gasteiger charge is 2.44. The molecule has 194 valence electrons. The van der Waals surface area contributed by atoms with Crippen molar-refractivity contribution in [1.29, 1.82) is 0 Å². The summed E-state index contributed by atoms with van der Waals surface area (Å²) in [5.41, 5.74) is 1.07. The molecule has 1 heterocycles. The SMILES string of the molecule is COc1ccccc1-c1ccc(CC(NC(=O)C2(NC(=O)[C@H](S)CC(C)C)CCCC2)C(=O)O)cn1. The third-order valence-corrected chi connectivity index (χ3v) is 6.95. The van der Waals surface area contributed by atoms with Crippen LogP contribution in [0, 0.1) is 5.92 Å². The number of carboxylic acid groups (broad SMARTS) is 1. The molecule has 0 saturated heterocycles. The van der Waals surface area contributed by atoms with Crippen LogP contribution in [0.5, 0.6) is 5.75 Å². The van der Waals surface area contributed by atoms with Gasteiger partial charge in [0.15, 0.2) is 0 Å². The van der Waals surface area contributed by atoms with E-state index in [1.165, 1.54) is 0 Å². The largest absolute Gasteiger partial charge is 0.496 e. The molecular formula is C27H35N3O5S. The molecule has 1 aliphatic carbocycles. The van der Waals surface area contributed by atoms with Crippen molar-refractivity contribution in [3.63, 3.8) is 0 Å². The maximum atomic E-state index is 13.3. The lowest BCUT2D eigenvalue weighted by molar-refractivity contribution is -0.143. The minimum absolute atomic E-state index is 0.0623. The number of thiol groups is 1. The van der Waals surface area contributed by atoms with Crippen LogP contribution in [-0.2, 0) is 20.8 Å². The monoisotopic (exact) mass is 513 g/mol. The topological polar surface area (TPSA) is 118 Å². The number of hydrogen-bond donors (Lipinski definition) is 4. The van der Waals surface area contributed by atoms with Gasteiger partial charge in [-0.25, -0.2) is 4.79 Å². The van der Waals surface area contributed by atoms with Crippen LogP contribution in [0.2, 0.25) is 0 Å². The average molecular weight is 514 g/mol. The Labute approximate surface area is 217 Å². The summed E-state index contributed by atoms with van der Waals surface area (Å²) in [4.78, 5) is 42.6. The first-order valence-electron chi connectivity index (χ1n) is 12.3. The summed E-state index contributed by atoms with van der Waals surface area (Å²) in [7, 11) is 1.59. The Bertz CT molecular complexity index is 1070. The van der Waals surface area contributed by atoms with E-state index in [2.05, 4.69) is 28.2 Å². The first-order chi connectivity index (χ1) is 17.1. The number of nitrogens with zero attached hydrogens (tertiary/aromatic N) is 1. The number of pyridine rings is 1. The van der Waals surface area contributed by atoms with Gasteiger partial charge in [0, 0.05) is 18.2 Å². The van der Waals surface area contributed by atoms with Gasteiger partial charge >= 0.3 is 5.97 Å². The van der Waals surface area contributed by atoms with E-state index >= 15 is 0 Å². The Morgan fingerprint density at radius 1 is 1.14 bits per heavy atom. The third-order valence-electron chi connectivity index (χ3n) is 6.50. The zero-order valence-electron chi connectivity index (χ0n) is 21.0. The van der Waals surface area contributed by atoms with E-state index in [-0.39, 0.29) is 18.2 Å². The van der Waals surface area contributed by atoms with Crippen molar-refractivity contribution >= 4 is 30.4 Å². The first kappa shape index (κ1) is 27.5. The van der Waals surface area contributed by atoms with E-state index in [0.29, 0.717) is 36.3 Å². The van der Waals surface area contributed by atoms with Crippen LogP contribution in [0.25, 0.3) is 11.3 Å². The van der Waals surface area contributed by atoms with Crippen molar-refractivity contribution in [1.82, 2.24) is 15.6 Å². The summed E-state index contributed by atoms with van der Waals surface area (Å²) in [6.07, 6.45) is 4.74. The van der Waals surface area contributed by atoms with Crippen molar-refractivity contribution in [2.24, 2.45) is 5.92 Å². The summed E-state index contributed by atoms with van der Waals surface area (Å²) < 4.78 is 5.39. The van der Waals surface area contributed by atoms with E-state index in [1.54, 1.807) is 25.4 Å². The number of carboxylic acids is 1. The molecule has 0 radical (unpaired) electrons. The number of hydrogen-bond acceptors (Lipinski definition) is 6. The quantitative estimate of drug-likeness (QED) is 0.341. The van der Waals surface area contributed by atoms with Crippen molar-refractivity contribution in [2.45, 2.75) is 69.2 Å². The lowest BCUT2D eigenvalue weighted by Gasteiger charge is -2.31. The fourth-order valence-electron chi connectivity index (χ4n) is 4.55. The molecule has 0 spiro atoms. The van der Waals surface area contributed by atoms with E-state index in [4.69, 9.17) is 4.74 Å². The molecule has 1 aliphatic rings. The van der Waals surface area contributed by atoms with E-state index in [9.17, 15) is 19.5 Å². The molecule has 8 nitrogen and oxygen atoms in total. The predicted molar refractivity (Wildman–Crippen MR) is 141 cm³/mol. The number of para-hydroxylation sites is 1. The van der Waals surface area contributed by atoms with Gasteiger partial charge in [0.1, 0.15) is 17.3 Å². The molecule has 3 N–H and O–H groups in total. The summed E-state index contributed by atoms with van der Waals surface area (Å²) in [5, 5.41) is 14.9. The molecule has 0 aliphatic heterocycles. The number of carbonyl (C=O) groups excluding carboxylic acids is 2. The average Bonchev–Trinajstić information content (AvgIpc) is 3.33. The molecule has 2 amide bonds. The Morgan fingerprint density at radius 3 is 2.42 bits per heavy atom. The summed E-state index contributed by atoms with van der Waals surface area (Å²) >= 11 is 4.41. The van der Waals surface area contributed by atoms with Gasteiger partial charge in [-0.1, -0.05) is 44.9 Å². The molecule has 1 fully saturated rings. The highest BCUT2D eigenvalue weighted by Crippen LogP contribution is 2.31. The van der Waals surface area contributed by atoms with Gasteiger partial charge < -0.3 is 20.5 Å². The fourth-order valence-corrected chi connectivity index (χ4v) is 5.04. The summed E-state index contributed by atoms with van der Waals surface area (Å²) in [6.45, 7) is 4.01. The van der Waals surface area contributed by atoms with Crippen molar-refractivity contribution in [2.75, 3.05) is 7.11 Å². The van der Waals surface area contributed by atoms with Crippen LogP contribution >= 0.6 is 12.6 Å². The molecule has 1 saturated carbocycles. The molecule has 2 aromatic rings. The molecule has 1 aromatic heterocycles. The minimum atomic E-state index is -1.16. The van der Waals surface area contributed by atoms with Crippen LogP contribution < -0.4 is 15.4 Å². The van der Waals surface area contributed by atoms with Crippen LogP contribution in [0.15, 0.2) is 42.6 Å². The number of rotatable bonds is 11. The second kappa shape index (κ2) is 12.3. The number of ether oxygens (including phenoxy) is 1. The van der Waals surface area contributed by atoms with Gasteiger partial charge in [0.2, 0.25) is 11.8 Å². The molecule has 1 aromatic carbocycles. The fraction of sp³-hybridized carbons (Fsp3) is 0.481. The number of carbonyl (C=O) groups is 3. The van der Waals surface area contributed by atoms with Crippen LogP contribution in [0.4, 0.5) is 0 Å². The van der Waals surface area contributed by atoms with Crippen molar-refractivity contribution in [3.8, 4) is 17.0 Å². The maximum absolute atomic E-state index is 13.3. The molecule has 1 unspecified atom stereocenters. The number of methoxy groups -OCH3 is 1. The highest BCUT2D eigenvalue weighted by molar-refractivity contribution is 7.81. The molecular weight excluding hydrogens is 478 g/mol. The van der Waals surface area contributed by atoms with Gasteiger partial charge in [-0.3, -0.25) is 14.6 Å². The minimum Gasteiger partial charge on any atom is -0.496 e. The summed E-state index contributed by atoms with van der Waals surface area (Å²) in [5.74, 6) is -0.944. The number of nitrogens with one attached hydrogen (secondary N) is 2. The normalized spacial score (nSPS) is 16.2. The molecule has 2 atom stereocenters. The third kappa shape index (κ3) is 6.78. The second-order valence-electron chi connectivity index (χ2n) is 9.74. The van der Waals surface area contributed by atoms with Gasteiger partial charge in [0.25, 0.3) is 0 Å². The zero-order valence-corrected chi connectivity index (χ0v) is 21.9.